The Morgan fingerprint density at radius 2 is 0.788 bits per heavy atom. The van der Waals surface area contributed by atoms with Gasteiger partial charge >= 0.3 is 0 Å². The van der Waals surface area contributed by atoms with Crippen LogP contribution in [0.25, 0.3) is 93.9 Å². The first kappa shape index (κ1) is 38.9. The summed E-state index contributed by atoms with van der Waals surface area (Å²) in [6, 6.07) is 97.0. The van der Waals surface area contributed by atoms with Crippen molar-refractivity contribution in [1.82, 2.24) is 4.57 Å². The molecule has 0 bridgehead atoms. The van der Waals surface area contributed by atoms with Gasteiger partial charge in [0.2, 0.25) is 0 Å². The predicted octanol–water partition coefficient (Wildman–Crippen LogP) is 17.7. The van der Waals surface area contributed by atoms with E-state index in [1.54, 1.807) is 0 Å². The molecule has 2 heteroatoms. The van der Waals surface area contributed by atoms with Crippen molar-refractivity contribution in [2.75, 3.05) is 4.90 Å². The van der Waals surface area contributed by atoms with Crippen molar-refractivity contribution in [2.24, 2.45) is 0 Å². The van der Waals surface area contributed by atoms with Crippen LogP contribution < -0.4 is 4.90 Å². The van der Waals surface area contributed by atoms with Crippen molar-refractivity contribution < 1.29 is 0 Å². The number of aromatic nitrogens is 1. The number of fused-ring (bicyclic) bond motifs is 4. The van der Waals surface area contributed by atoms with Crippen LogP contribution in [0, 0.1) is 0 Å². The van der Waals surface area contributed by atoms with Crippen molar-refractivity contribution in [2.45, 2.75) is 0 Å². The lowest BCUT2D eigenvalue weighted by Crippen LogP contribution is -2.12. The molecule has 0 spiro atoms. The topological polar surface area (TPSA) is 8.17 Å². The van der Waals surface area contributed by atoms with Crippen LogP contribution in [0.5, 0.6) is 0 Å². The van der Waals surface area contributed by atoms with E-state index >= 15 is 0 Å². The summed E-state index contributed by atoms with van der Waals surface area (Å²) in [6.45, 7) is 0. The number of hydrogen-bond donors (Lipinski definition) is 0. The van der Waals surface area contributed by atoms with Gasteiger partial charge in [-0.15, -0.1) is 0 Å². The molecule has 0 aliphatic heterocycles. The Bertz CT molecular complexity index is 3610. The van der Waals surface area contributed by atoms with Crippen molar-refractivity contribution in [3.05, 3.63) is 267 Å². The highest BCUT2D eigenvalue weighted by Crippen LogP contribution is 2.47. The predicted molar refractivity (Wildman–Crippen MR) is 280 cm³/mol. The second kappa shape index (κ2) is 16.8. The van der Waals surface area contributed by atoms with Gasteiger partial charge in [0.05, 0.1) is 16.7 Å². The molecule has 11 aromatic carbocycles. The monoisotopic (exact) mass is 840 g/mol. The molecule has 12 rings (SSSR count). The molecule has 0 aliphatic carbocycles. The van der Waals surface area contributed by atoms with E-state index in [-0.39, 0.29) is 0 Å². The van der Waals surface area contributed by atoms with E-state index in [0.717, 1.165) is 33.8 Å². The number of anilines is 3. The van der Waals surface area contributed by atoms with Crippen molar-refractivity contribution in [1.29, 1.82) is 0 Å². The molecule has 0 amide bonds. The standard InChI is InChI=1S/C64H44N2/c1-5-19-45(20-6-1)51-28-17-29-53(43-51)66-60-34-16-15-31-58(60)59-41-40-54(44-62(59)66)65(61-42-37-48-25-13-14-30-57(48)64(61)49-26-11-4-12-27-49)52-38-35-50(36-39-52)63-55(46-21-7-2-8-22-46)32-18-33-56(63)47-23-9-3-10-24-47/h1-44H. The zero-order valence-electron chi connectivity index (χ0n) is 36.3. The smallest absolute Gasteiger partial charge is 0.0561 e. The third-order valence-electron chi connectivity index (χ3n) is 13.0. The van der Waals surface area contributed by atoms with Crippen LogP contribution in [0.15, 0.2) is 267 Å². The number of benzene rings is 11. The maximum atomic E-state index is 2.46. The second-order valence-electron chi connectivity index (χ2n) is 16.9. The van der Waals surface area contributed by atoms with Gasteiger partial charge in [0.1, 0.15) is 0 Å². The van der Waals surface area contributed by atoms with Gasteiger partial charge in [0.25, 0.3) is 0 Å². The average Bonchev–Trinajstić information content (AvgIpc) is 3.73. The molecule has 310 valence electrons. The summed E-state index contributed by atoms with van der Waals surface area (Å²) in [5, 5.41) is 4.85. The van der Waals surface area contributed by atoms with E-state index in [0.29, 0.717) is 0 Å². The fraction of sp³-hybridized carbons (Fsp3) is 0. The number of nitrogens with zero attached hydrogens (tertiary/aromatic N) is 2. The summed E-state index contributed by atoms with van der Waals surface area (Å²) in [6.07, 6.45) is 0. The lowest BCUT2D eigenvalue weighted by Gasteiger charge is -2.29. The quantitative estimate of drug-likeness (QED) is 0.141. The summed E-state index contributed by atoms with van der Waals surface area (Å²) < 4.78 is 2.44. The van der Waals surface area contributed by atoms with E-state index in [4.69, 9.17) is 0 Å². The Morgan fingerprint density at radius 1 is 0.273 bits per heavy atom. The summed E-state index contributed by atoms with van der Waals surface area (Å²) in [7, 11) is 0. The molecule has 0 aliphatic rings. The zero-order chi connectivity index (χ0) is 43.8. The van der Waals surface area contributed by atoms with Gasteiger partial charge in [-0.2, -0.15) is 0 Å². The Balaban J connectivity index is 1.10. The summed E-state index contributed by atoms with van der Waals surface area (Å²) >= 11 is 0. The van der Waals surface area contributed by atoms with E-state index in [9.17, 15) is 0 Å². The molecule has 12 aromatic rings. The fourth-order valence-corrected chi connectivity index (χ4v) is 9.97. The van der Waals surface area contributed by atoms with E-state index in [2.05, 4.69) is 276 Å². The molecule has 0 fully saturated rings. The van der Waals surface area contributed by atoms with Crippen LogP contribution in [0.1, 0.15) is 0 Å². The molecule has 0 saturated carbocycles. The molecule has 66 heavy (non-hydrogen) atoms. The normalized spacial score (nSPS) is 11.3. The molecule has 1 heterocycles. The minimum Gasteiger partial charge on any atom is -0.310 e. The zero-order valence-corrected chi connectivity index (χ0v) is 36.3. The summed E-state index contributed by atoms with van der Waals surface area (Å²) in [4.78, 5) is 2.46. The van der Waals surface area contributed by atoms with E-state index in [1.807, 2.05) is 0 Å². The summed E-state index contributed by atoms with van der Waals surface area (Å²) in [5.74, 6) is 0. The molecule has 0 saturated heterocycles. The second-order valence-corrected chi connectivity index (χ2v) is 16.9. The molecule has 0 unspecified atom stereocenters. The van der Waals surface area contributed by atoms with Crippen LogP contribution in [-0.2, 0) is 0 Å². The molecule has 2 nitrogen and oxygen atoms in total. The first-order valence-electron chi connectivity index (χ1n) is 22.7. The van der Waals surface area contributed by atoms with Crippen molar-refractivity contribution in [3.63, 3.8) is 0 Å². The van der Waals surface area contributed by atoms with Gasteiger partial charge in [-0.1, -0.05) is 218 Å². The fourth-order valence-electron chi connectivity index (χ4n) is 9.97. The maximum absolute atomic E-state index is 2.46. The Hall–Kier alpha value is -8.72. The highest BCUT2D eigenvalue weighted by atomic mass is 15.1. The maximum Gasteiger partial charge on any atom is 0.0561 e. The number of para-hydroxylation sites is 1. The molecule has 0 N–H and O–H groups in total. The minimum absolute atomic E-state index is 1.07. The Kier molecular flexibility index (Phi) is 9.89. The largest absolute Gasteiger partial charge is 0.310 e. The third-order valence-corrected chi connectivity index (χ3v) is 13.0. The molecule has 0 radical (unpaired) electrons. The third kappa shape index (κ3) is 6.93. The summed E-state index contributed by atoms with van der Waals surface area (Å²) in [5.41, 5.74) is 18.6. The van der Waals surface area contributed by atoms with Gasteiger partial charge in [0, 0.05) is 33.4 Å². The Morgan fingerprint density at radius 3 is 1.47 bits per heavy atom. The lowest BCUT2D eigenvalue weighted by atomic mass is 9.87. The minimum atomic E-state index is 1.07. The molecular weight excluding hydrogens is 797 g/mol. The van der Waals surface area contributed by atoms with Crippen molar-refractivity contribution >= 4 is 49.6 Å². The molecular formula is C64H44N2. The van der Waals surface area contributed by atoms with Crippen LogP contribution in [0.3, 0.4) is 0 Å². The SMILES string of the molecule is c1ccc(-c2cccc(-n3c4ccccc4c4ccc(N(c5ccc(-c6c(-c7ccccc7)cccc6-c6ccccc6)cc5)c5ccc6ccccc6c5-c5ccccc5)cc43)c2)cc1. The van der Waals surface area contributed by atoms with E-state index in [1.165, 1.54) is 77.1 Å². The highest BCUT2D eigenvalue weighted by Gasteiger charge is 2.23. The van der Waals surface area contributed by atoms with E-state index < -0.39 is 0 Å². The van der Waals surface area contributed by atoms with Gasteiger partial charge in [-0.3, -0.25) is 0 Å². The highest BCUT2D eigenvalue weighted by molar-refractivity contribution is 6.11. The number of hydrogen-bond acceptors (Lipinski definition) is 1. The lowest BCUT2D eigenvalue weighted by molar-refractivity contribution is 1.18. The van der Waals surface area contributed by atoms with Gasteiger partial charge in [-0.05, 0) is 109 Å². The van der Waals surface area contributed by atoms with Crippen LogP contribution >= 0.6 is 0 Å². The van der Waals surface area contributed by atoms with Crippen LogP contribution in [0.2, 0.25) is 0 Å². The van der Waals surface area contributed by atoms with Gasteiger partial charge in [0.15, 0.2) is 0 Å². The van der Waals surface area contributed by atoms with Crippen molar-refractivity contribution in [3.8, 4) is 61.3 Å². The van der Waals surface area contributed by atoms with Crippen LogP contribution in [0.4, 0.5) is 17.1 Å². The van der Waals surface area contributed by atoms with Gasteiger partial charge in [-0.25, -0.2) is 0 Å². The van der Waals surface area contributed by atoms with Gasteiger partial charge < -0.3 is 9.47 Å². The first-order chi connectivity index (χ1) is 32.8. The number of rotatable bonds is 9. The molecule has 0 atom stereocenters. The first-order valence-corrected chi connectivity index (χ1v) is 22.7. The average molecular weight is 841 g/mol. The molecule has 1 aromatic heterocycles. The van der Waals surface area contributed by atoms with Crippen LogP contribution in [-0.4, -0.2) is 4.57 Å². The Labute approximate surface area is 385 Å².